The lowest BCUT2D eigenvalue weighted by atomic mass is 9.77. The van der Waals surface area contributed by atoms with E-state index >= 15 is 0 Å². The van der Waals surface area contributed by atoms with E-state index in [0.717, 1.165) is 12.8 Å². The Bertz CT molecular complexity index is 358. The van der Waals surface area contributed by atoms with Crippen LogP contribution in [0.3, 0.4) is 0 Å². The van der Waals surface area contributed by atoms with Crippen molar-refractivity contribution >= 4 is 6.20 Å². The molecule has 3 nitrogen and oxygen atoms in total. The van der Waals surface area contributed by atoms with Gasteiger partial charge in [-0.25, -0.2) is 4.68 Å². The van der Waals surface area contributed by atoms with Crippen molar-refractivity contribution in [3.8, 4) is 0 Å². The zero-order chi connectivity index (χ0) is 10.4. The molecule has 0 radical (unpaired) electrons. The first-order valence-corrected chi connectivity index (χ1v) is 4.96. The summed E-state index contributed by atoms with van der Waals surface area (Å²) in [5.41, 5.74) is 7.42. The Hall–Kier alpha value is -1.09. The largest absolute Gasteiger partial charge is 0.324 e. The standard InChI is InChI=1S/C11H17N3/c1-4-14-8-9(7-13-14)10(2,3)11(12)5-6-11/h4,7-8H,1,5-6,12H2,2-3H3. The number of hydrogen-bond acceptors (Lipinski definition) is 2. The van der Waals surface area contributed by atoms with Crippen LogP contribution in [0.1, 0.15) is 32.3 Å². The first-order valence-electron chi connectivity index (χ1n) is 4.96. The zero-order valence-electron chi connectivity index (χ0n) is 8.83. The van der Waals surface area contributed by atoms with Gasteiger partial charge in [0.15, 0.2) is 0 Å². The van der Waals surface area contributed by atoms with Crippen LogP contribution < -0.4 is 5.73 Å². The fraction of sp³-hybridized carbons (Fsp3) is 0.545. The van der Waals surface area contributed by atoms with Crippen LogP contribution in [0.4, 0.5) is 0 Å². The molecule has 0 saturated heterocycles. The molecule has 1 saturated carbocycles. The average Bonchev–Trinajstić information content (AvgIpc) is 2.73. The second-order valence-corrected chi connectivity index (χ2v) is 4.67. The highest BCUT2D eigenvalue weighted by atomic mass is 15.2. The smallest absolute Gasteiger partial charge is 0.0532 e. The van der Waals surface area contributed by atoms with E-state index in [4.69, 9.17) is 5.73 Å². The first-order chi connectivity index (χ1) is 6.49. The van der Waals surface area contributed by atoms with Crippen LogP contribution in [0.5, 0.6) is 0 Å². The van der Waals surface area contributed by atoms with Gasteiger partial charge in [0.2, 0.25) is 0 Å². The molecule has 0 aliphatic heterocycles. The average molecular weight is 191 g/mol. The van der Waals surface area contributed by atoms with Crippen LogP contribution in [-0.2, 0) is 5.41 Å². The highest BCUT2D eigenvalue weighted by molar-refractivity contribution is 5.31. The van der Waals surface area contributed by atoms with Gasteiger partial charge in [-0.15, -0.1) is 0 Å². The molecule has 2 rings (SSSR count). The highest BCUT2D eigenvalue weighted by Gasteiger charge is 2.52. The maximum atomic E-state index is 6.24. The van der Waals surface area contributed by atoms with E-state index in [1.54, 1.807) is 10.9 Å². The Kier molecular flexibility index (Phi) is 1.83. The summed E-state index contributed by atoms with van der Waals surface area (Å²) in [5.74, 6) is 0. The van der Waals surface area contributed by atoms with Crippen molar-refractivity contribution in [2.45, 2.75) is 37.6 Å². The van der Waals surface area contributed by atoms with E-state index in [0.29, 0.717) is 0 Å². The molecule has 1 aromatic rings. The molecule has 0 atom stereocenters. The van der Waals surface area contributed by atoms with Crippen LogP contribution in [-0.4, -0.2) is 15.3 Å². The van der Waals surface area contributed by atoms with Crippen LogP contribution in [0, 0.1) is 0 Å². The van der Waals surface area contributed by atoms with Crippen LogP contribution >= 0.6 is 0 Å². The minimum absolute atomic E-state index is 0.00819. The quantitative estimate of drug-likeness (QED) is 0.791. The van der Waals surface area contributed by atoms with Gasteiger partial charge < -0.3 is 5.73 Å². The maximum absolute atomic E-state index is 6.24. The lowest BCUT2D eigenvalue weighted by Crippen LogP contribution is -2.43. The van der Waals surface area contributed by atoms with Gasteiger partial charge in [-0.05, 0) is 18.4 Å². The molecule has 0 bridgehead atoms. The molecule has 14 heavy (non-hydrogen) atoms. The fourth-order valence-corrected chi connectivity index (χ4v) is 1.81. The third kappa shape index (κ3) is 1.20. The van der Waals surface area contributed by atoms with Gasteiger partial charge >= 0.3 is 0 Å². The van der Waals surface area contributed by atoms with Gasteiger partial charge in [0.05, 0.1) is 6.20 Å². The number of nitrogens with zero attached hydrogens (tertiary/aromatic N) is 2. The number of nitrogens with two attached hydrogens (primary N) is 1. The number of rotatable bonds is 3. The van der Waals surface area contributed by atoms with Gasteiger partial charge in [-0.2, -0.15) is 5.10 Å². The molecule has 1 aliphatic rings. The Balaban J connectivity index is 2.33. The number of aromatic nitrogens is 2. The van der Waals surface area contributed by atoms with Gasteiger partial charge in [0, 0.05) is 23.4 Å². The van der Waals surface area contributed by atoms with Crippen molar-refractivity contribution in [2.75, 3.05) is 0 Å². The van der Waals surface area contributed by atoms with Gasteiger partial charge in [0.1, 0.15) is 0 Å². The lowest BCUT2D eigenvalue weighted by molar-refractivity contribution is 0.391. The van der Waals surface area contributed by atoms with E-state index in [9.17, 15) is 0 Å². The van der Waals surface area contributed by atoms with Crippen LogP contribution in [0.2, 0.25) is 0 Å². The molecule has 1 fully saturated rings. The van der Waals surface area contributed by atoms with Crippen molar-refractivity contribution in [1.82, 2.24) is 9.78 Å². The zero-order valence-corrected chi connectivity index (χ0v) is 8.83. The predicted octanol–water partition coefficient (Wildman–Crippen LogP) is 1.75. The predicted molar refractivity (Wildman–Crippen MR) is 57.8 cm³/mol. The second kappa shape index (κ2) is 2.70. The molecule has 2 N–H and O–H groups in total. The Morgan fingerprint density at radius 2 is 2.29 bits per heavy atom. The molecule has 1 heterocycles. The third-order valence-corrected chi connectivity index (χ3v) is 3.54. The molecule has 0 unspecified atom stereocenters. The number of hydrogen-bond donors (Lipinski definition) is 1. The molecule has 3 heteroatoms. The topological polar surface area (TPSA) is 43.8 Å². The summed E-state index contributed by atoms with van der Waals surface area (Å²) in [7, 11) is 0. The molecule has 1 aliphatic carbocycles. The molecule has 0 aromatic carbocycles. The molecular formula is C11H17N3. The summed E-state index contributed by atoms with van der Waals surface area (Å²) in [6.45, 7) is 8.04. The van der Waals surface area contributed by atoms with Crippen LogP contribution in [0.25, 0.3) is 6.20 Å². The van der Waals surface area contributed by atoms with Crippen molar-refractivity contribution in [3.05, 3.63) is 24.5 Å². The summed E-state index contributed by atoms with van der Waals surface area (Å²) < 4.78 is 1.73. The van der Waals surface area contributed by atoms with Gasteiger partial charge in [-0.3, -0.25) is 0 Å². The Labute approximate surface area is 84.6 Å². The molecule has 0 amide bonds. The van der Waals surface area contributed by atoms with Crippen molar-refractivity contribution in [3.63, 3.8) is 0 Å². The lowest BCUT2D eigenvalue weighted by Gasteiger charge is -2.30. The van der Waals surface area contributed by atoms with E-state index < -0.39 is 0 Å². The third-order valence-electron chi connectivity index (χ3n) is 3.54. The fourth-order valence-electron chi connectivity index (χ4n) is 1.81. The van der Waals surface area contributed by atoms with E-state index in [1.807, 2.05) is 12.4 Å². The summed E-state index contributed by atoms with van der Waals surface area (Å²) in [5, 5.41) is 4.19. The molecule has 76 valence electrons. The summed E-state index contributed by atoms with van der Waals surface area (Å²) in [6.07, 6.45) is 7.79. The normalized spacial score (nSPS) is 19.4. The summed E-state index contributed by atoms with van der Waals surface area (Å²) in [4.78, 5) is 0. The Morgan fingerprint density at radius 1 is 1.64 bits per heavy atom. The Morgan fingerprint density at radius 3 is 2.71 bits per heavy atom. The van der Waals surface area contributed by atoms with Gasteiger partial charge in [0.25, 0.3) is 0 Å². The van der Waals surface area contributed by atoms with E-state index in [-0.39, 0.29) is 11.0 Å². The second-order valence-electron chi connectivity index (χ2n) is 4.67. The van der Waals surface area contributed by atoms with Gasteiger partial charge in [-0.1, -0.05) is 20.4 Å². The minimum atomic E-state index is -0.0258. The van der Waals surface area contributed by atoms with Crippen molar-refractivity contribution in [1.29, 1.82) is 0 Å². The molecular weight excluding hydrogens is 174 g/mol. The monoisotopic (exact) mass is 191 g/mol. The molecule has 1 aromatic heterocycles. The van der Waals surface area contributed by atoms with Crippen molar-refractivity contribution in [2.24, 2.45) is 5.73 Å². The SMILES string of the molecule is C=Cn1cc(C(C)(C)C2(N)CC2)cn1. The van der Waals surface area contributed by atoms with E-state index in [1.165, 1.54) is 5.56 Å². The van der Waals surface area contributed by atoms with Crippen LogP contribution in [0.15, 0.2) is 19.0 Å². The summed E-state index contributed by atoms with van der Waals surface area (Å²) >= 11 is 0. The summed E-state index contributed by atoms with van der Waals surface area (Å²) in [6, 6.07) is 0. The first kappa shape index (κ1) is 9.46. The molecule has 0 spiro atoms. The highest BCUT2D eigenvalue weighted by Crippen LogP contribution is 2.48. The van der Waals surface area contributed by atoms with E-state index in [2.05, 4.69) is 25.5 Å². The minimum Gasteiger partial charge on any atom is -0.324 e. The van der Waals surface area contributed by atoms with Crippen molar-refractivity contribution < 1.29 is 0 Å². The maximum Gasteiger partial charge on any atom is 0.0532 e.